The van der Waals surface area contributed by atoms with Crippen molar-refractivity contribution in [2.75, 3.05) is 11.1 Å². The third-order valence-electron chi connectivity index (χ3n) is 3.73. The van der Waals surface area contributed by atoms with E-state index in [1.807, 2.05) is 12.1 Å². The van der Waals surface area contributed by atoms with Gasteiger partial charge in [0.25, 0.3) is 0 Å². The Morgan fingerprint density at radius 2 is 1.84 bits per heavy atom. The molecule has 0 aliphatic carbocycles. The first-order chi connectivity index (χ1) is 11.7. The summed E-state index contributed by atoms with van der Waals surface area (Å²) in [7, 11) is 0. The van der Waals surface area contributed by atoms with Gasteiger partial charge in [0.1, 0.15) is 5.82 Å². The van der Waals surface area contributed by atoms with Crippen molar-refractivity contribution in [1.82, 2.24) is 9.97 Å². The van der Waals surface area contributed by atoms with Gasteiger partial charge in [-0.2, -0.15) is 13.2 Å². The minimum Gasteiger partial charge on any atom is -0.399 e. The number of anilines is 2. The predicted molar refractivity (Wildman–Crippen MR) is 92.4 cm³/mol. The number of fused-ring (bicyclic) bond motifs is 1. The number of nitrogens with zero attached hydrogens (tertiary/aromatic N) is 2. The lowest BCUT2D eigenvalue weighted by Crippen LogP contribution is -2.12. The maximum absolute atomic E-state index is 13.0. The average Bonchev–Trinajstić information content (AvgIpc) is 2.53. The summed E-state index contributed by atoms with van der Waals surface area (Å²) in [5.74, 6) is 0.444. The Morgan fingerprint density at radius 3 is 2.56 bits per heavy atom. The molecule has 1 unspecified atom stereocenters. The molecule has 1 aromatic heterocycles. The summed E-state index contributed by atoms with van der Waals surface area (Å²) in [5, 5.41) is 3.86. The first-order valence-electron chi connectivity index (χ1n) is 7.40. The zero-order chi connectivity index (χ0) is 18.2. The first-order valence-corrected chi connectivity index (χ1v) is 7.78. The fourth-order valence-electron chi connectivity index (χ4n) is 2.54. The van der Waals surface area contributed by atoms with Crippen LogP contribution in [0.1, 0.15) is 24.1 Å². The molecule has 25 heavy (non-hydrogen) atoms. The SMILES string of the molecule is CC(Nc1nc(Cl)nc2ccccc12)c1cc(N)cc(C(F)(F)F)c1. The van der Waals surface area contributed by atoms with Crippen LogP contribution in [0.2, 0.25) is 5.28 Å². The Balaban J connectivity index is 1.98. The minimum absolute atomic E-state index is 0.0454. The molecule has 0 saturated carbocycles. The van der Waals surface area contributed by atoms with Crippen LogP contribution >= 0.6 is 11.6 Å². The quantitative estimate of drug-likeness (QED) is 0.502. The number of hydrogen-bond donors (Lipinski definition) is 2. The molecular weight excluding hydrogens is 353 g/mol. The molecule has 4 nitrogen and oxygen atoms in total. The number of nitrogens with two attached hydrogens (primary N) is 1. The van der Waals surface area contributed by atoms with Gasteiger partial charge in [0.15, 0.2) is 0 Å². The number of alkyl halides is 3. The molecule has 0 bridgehead atoms. The topological polar surface area (TPSA) is 63.8 Å². The van der Waals surface area contributed by atoms with Crippen molar-refractivity contribution in [2.24, 2.45) is 0 Å². The smallest absolute Gasteiger partial charge is 0.399 e. The molecule has 0 fully saturated rings. The molecule has 2 aromatic carbocycles. The summed E-state index contributed by atoms with van der Waals surface area (Å²) in [6, 6.07) is 10.2. The predicted octanol–water partition coefficient (Wildman–Crippen LogP) is 5.06. The second-order valence-electron chi connectivity index (χ2n) is 5.61. The second-order valence-corrected chi connectivity index (χ2v) is 5.95. The zero-order valence-corrected chi connectivity index (χ0v) is 13.9. The van der Waals surface area contributed by atoms with E-state index >= 15 is 0 Å². The third-order valence-corrected chi connectivity index (χ3v) is 3.90. The molecule has 3 N–H and O–H groups in total. The van der Waals surface area contributed by atoms with E-state index in [4.69, 9.17) is 17.3 Å². The lowest BCUT2D eigenvalue weighted by molar-refractivity contribution is -0.137. The van der Waals surface area contributed by atoms with Crippen LogP contribution in [0.3, 0.4) is 0 Å². The minimum atomic E-state index is -4.46. The van der Waals surface area contributed by atoms with Crippen LogP contribution < -0.4 is 11.1 Å². The van der Waals surface area contributed by atoms with Crippen molar-refractivity contribution in [3.63, 3.8) is 0 Å². The molecule has 3 rings (SSSR count). The molecule has 1 heterocycles. The van der Waals surface area contributed by atoms with Crippen molar-refractivity contribution in [3.05, 3.63) is 58.9 Å². The maximum Gasteiger partial charge on any atom is 0.416 e. The summed E-state index contributed by atoms with van der Waals surface area (Å²) >= 11 is 5.93. The van der Waals surface area contributed by atoms with Crippen LogP contribution in [0.15, 0.2) is 42.5 Å². The van der Waals surface area contributed by atoms with Crippen molar-refractivity contribution < 1.29 is 13.2 Å². The van der Waals surface area contributed by atoms with Gasteiger partial charge in [0, 0.05) is 11.1 Å². The monoisotopic (exact) mass is 366 g/mol. The molecule has 3 aromatic rings. The Hall–Kier alpha value is -2.54. The molecular formula is C17H14ClF3N4. The molecule has 0 saturated heterocycles. The number of hydrogen-bond acceptors (Lipinski definition) is 4. The lowest BCUT2D eigenvalue weighted by atomic mass is 10.0. The van der Waals surface area contributed by atoms with Gasteiger partial charge in [-0.3, -0.25) is 0 Å². The van der Waals surface area contributed by atoms with E-state index in [0.29, 0.717) is 16.9 Å². The molecule has 130 valence electrons. The van der Waals surface area contributed by atoms with Gasteiger partial charge in [0.05, 0.1) is 17.1 Å². The number of rotatable bonds is 3. The van der Waals surface area contributed by atoms with Crippen molar-refractivity contribution in [3.8, 4) is 0 Å². The summed E-state index contributed by atoms with van der Waals surface area (Å²) in [4.78, 5) is 8.27. The highest BCUT2D eigenvalue weighted by Gasteiger charge is 2.31. The second kappa shape index (κ2) is 6.40. The Bertz CT molecular complexity index is 927. The Kier molecular flexibility index (Phi) is 4.43. The normalized spacial score (nSPS) is 13.0. The molecule has 0 radical (unpaired) electrons. The zero-order valence-electron chi connectivity index (χ0n) is 13.1. The molecule has 1 atom stereocenters. The van der Waals surface area contributed by atoms with E-state index < -0.39 is 17.8 Å². The molecule has 0 amide bonds. The average molecular weight is 367 g/mol. The van der Waals surface area contributed by atoms with Crippen LogP contribution in [0.5, 0.6) is 0 Å². The summed E-state index contributed by atoms with van der Waals surface area (Å²) < 4.78 is 39.0. The molecule has 0 aliphatic heterocycles. The van der Waals surface area contributed by atoms with Crippen molar-refractivity contribution >= 4 is 34.0 Å². The standard InChI is InChI=1S/C17H14ClF3N4/c1-9(10-6-11(17(19,20)21)8-12(22)7-10)23-15-13-4-2-3-5-14(13)24-16(18)25-15/h2-9H,22H2,1H3,(H,23,24,25). The third kappa shape index (κ3) is 3.76. The van der Waals surface area contributed by atoms with Gasteiger partial charge < -0.3 is 11.1 Å². The van der Waals surface area contributed by atoms with E-state index in [0.717, 1.165) is 17.5 Å². The fraction of sp³-hybridized carbons (Fsp3) is 0.176. The first kappa shape index (κ1) is 17.3. The van der Waals surface area contributed by atoms with Crippen LogP contribution in [0, 0.1) is 0 Å². The molecule has 0 aliphatic rings. The van der Waals surface area contributed by atoms with Gasteiger partial charge in [0.2, 0.25) is 5.28 Å². The van der Waals surface area contributed by atoms with Gasteiger partial charge >= 0.3 is 6.18 Å². The van der Waals surface area contributed by atoms with Gasteiger partial charge in [-0.25, -0.2) is 9.97 Å². The van der Waals surface area contributed by atoms with Gasteiger partial charge in [-0.15, -0.1) is 0 Å². The number of para-hydroxylation sites is 1. The highest BCUT2D eigenvalue weighted by molar-refractivity contribution is 6.28. The van der Waals surface area contributed by atoms with Crippen LogP contribution in [-0.4, -0.2) is 9.97 Å². The summed E-state index contributed by atoms with van der Waals surface area (Å²) in [5.41, 5.74) is 5.92. The fourth-order valence-corrected chi connectivity index (χ4v) is 2.71. The van der Waals surface area contributed by atoms with Crippen LogP contribution in [-0.2, 0) is 6.18 Å². The van der Waals surface area contributed by atoms with Gasteiger partial charge in [-0.1, -0.05) is 12.1 Å². The van der Waals surface area contributed by atoms with E-state index in [9.17, 15) is 13.2 Å². The number of nitrogens with one attached hydrogen (secondary N) is 1. The number of benzene rings is 2. The molecule has 0 spiro atoms. The Labute approximate surface area is 146 Å². The van der Waals surface area contributed by atoms with Crippen molar-refractivity contribution in [1.29, 1.82) is 0 Å². The van der Waals surface area contributed by atoms with Crippen molar-refractivity contribution in [2.45, 2.75) is 19.1 Å². The number of aromatic nitrogens is 2. The summed E-state index contributed by atoms with van der Waals surface area (Å²) in [6.07, 6.45) is -4.46. The van der Waals surface area contributed by atoms with E-state index in [-0.39, 0.29) is 11.0 Å². The summed E-state index contributed by atoms with van der Waals surface area (Å²) in [6.45, 7) is 1.72. The number of halogens is 4. The van der Waals surface area contributed by atoms with E-state index in [1.54, 1.807) is 19.1 Å². The van der Waals surface area contributed by atoms with E-state index in [2.05, 4.69) is 15.3 Å². The number of nitrogen functional groups attached to an aromatic ring is 1. The van der Waals surface area contributed by atoms with E-state index in [1.165, 1.54) is 6.07 Å². The maximum atomic E-state index is 13.0. The van der Waals surface area contributed by atoms with Gasteiger partial charge in [-0.05, 0) is 54.4 Å². The van der Waals surface area contributed by atoms with Crippen LogP contribution in [0.4, 0.5) is 24.7 Å². The highest BCUT2D eigenvalue weighted by atomic mass is 35.5. The lowest BCUT2D eigenvalue weighted by Gasteiger charge is -2.18. The largest absolute Gasteiger partial charge is 0.416 e. The van der Waals surface area contributed by atoms with Crippen LogP contribution in [0.25, 0.3) is 10.9 Å². The highest BCUT2D eigenvalue weighted by Crippen LogP contribution is 2.34. The Morgan fingerprint density at radius 1 is 1.12 bits per heavy atom. The molecule has 8 heteroatoms.